The van der Waals surface area contributed by atoms with Gasteiger partial charge in [-0.1, -0.05) is 19.1 Å². The molecule has 0 aliphatic heterocycles. The molecule has 0 radical (unpaired) electrons. The summed E-state index contributed by atoms with van der Waals surface area (Å²) < 4.78 is 5.67. The third-order valence-electron chi connectivity index (χ3n) is 3.36. The highest BCUT2D eigenvalue weighted by Crippen LogP contribution is 2.21. The highest BCUT2D eigenvalue weighted by Gasteiger charge is 2.11. The SMILES string of the molecule is CC(C)Oc1ccc(C(C)NCC(C)c2nccs2)cc1. The molecule has 0 saturated carbocycles. The monoisotopic (exact) mass is 304 g/mol. The summed E-state index contributed by atoms with van der Waals surface area (Å²) in [6.07, 6.45) is 2.08. The molecule has 0 bridgehead atoms. The van der Waals surface area contributed by atoms with Crippen LogP contribution in [0.3, 0.4) is 0 Å². The van der Waals surface area contributed by atoms with Crippen LogP contribution in [-0.4, -0.2) is 17.6 Å². The highest BCUT2D eigenvalue weighted by molar-refractivity contribution is 7.09. The van der Waals surface area contributed by atoms with Crippen molar-refractivity contribution in [3.63, 3.8) is 0 Å². The number of rotatable bonds is 7. The van der Waals surface area contributed by atoms with Crippen molar-refractivity contribution < 1.29 is 4.74 Å². The van der Waals surface area contributed by atoms with Crippen LogP contribution in [0.15, 0.2) is 35.8 Å². The highest BCUT2D eigenvalue weighted by atomic mass is 32.1. The molecular formula is C17H24N2OS. The zero-order valence-electron chi connectivity index (χ0n) is 13.2. The first-order valence-electron chi connectivity index (χ1n) is 7.45. The average molecular weight is 304 g/mol. The number of hydrogen-bond acceptors (Lipinski definition) is 4. The number of aromatic nitrogens is 1. The van der Waals surface area contributed by atoms with Crippen molar-refractivity contribution in [3.8, 4) is 5.75 Å². The van der Waals surface area contributed by atoms with Gasteiger partial charge in [-0.05, 0) is 38.5 Å². The Morgan fingerprint density at radius 2 is 1.86 bits per heavy atom. The van der Waals surface area contributed by atoms with E-state index in [-0.39, 0.29) is 6.10 Å². The lowest BCUT2D eigenvalue weighted by molar-refractivity contribution is 0.242. The van der Waals surface area contributed by atoms with Crippen LogP contribution in [0, 0.1) is 0 Å². The van der Waals surface area contributed by atoms with Gasteiger partial charge in [0.1, 0.15) is 5.75 Å². The maximum atomic E-state index is 5.67. The number of thiazole rings is 1. The largest absolute Gasteiger partial charge is 0.491 e. The molecule has 0 aliphatic rings. The van der Waals surface area contributed by atoms with Gasteiger partial charge in [-0.15, -0.1) is 11.3 Å². The number of hydrogen-bond donors (Lipinski definition) is 1. The van der Waals surface area contributed by atoms with Crippen molar-refractivity contribution in [1.29, 1.82) is 0 Å². The summed E-state index contributed by atoms with van der Waals surface area (Å²) in [5.41, 5.74) is 1.28. The van der Waals surface area contributed by atoms with Gasteiger partial charge in [-0.25, -0.2) is 4.98 Å². The predicted molar refractivity (Wildman–Crippen MR) is 89.2 cm³/mol. The Balaban J connectivity index is 1.86. The quantitative estimate of drug-likeness (QED) is 0.824. The Kier molecular flexibility index (Phi) is 5.76. The lowest BCUT2D eigenvalue weighted by Crippen LogP contribution is -2.23. The van der Waals surface area contributed by atoms with E-state index in [1.54, 1.807) is 11.3 Å². The zero-order valence-corrected chi connectivity index (χ0v) is 14.0. The van der Waals surface area contributed by atoms with E-state index >= 15 is 0 Å². The molecule has 1 heterocycles. The van der Waals surface area contributed by atoms with E-state index in [9.17, 15) is 0 Å². The molecule has 0 aliphatic carbocycles. The molecule has 2 atom stereocenters. The maximum Gasteiger partial charge on any atom is 0.119 e. The molecule has 0 fully saturated rings. The van der Waals surface area contributed by atoms with Crippen molar-refractivity contribution in [2.75, 3.05) is 6.54 Å². The van der Waals surface area contributed by atoms with Gasteiger partial charge in [0.05, 0.1) is 11.1 Å². The topological polar surface area (TPSA) is 34.1 Å². The minimum Gasteiger partial charge on any atom is -0.491 e. The normalized spacial score (nSPS) is 14.1. The van der Waals surface area contributed by atoms with Crippen molar-refractivity contribution in [1.82, 2.24) is 10.3 Å². The van der Waals surface area contributed by atoms with Gasteiger partial charge in [-0.3, -0.25) is 0 Å². The molecule has 0 amide bonds. The van der Waals surface area contributed by atoms with E-state index in [0.29, 0.717) is 12.0 Å². The van der Waals surface area contributed by atoms with E-state index in [4.69, 9.17) is 4.74 Å². The van der Waals surface area contributed by atoms with E-state index in [1.807, 2.05) is 37.6 Å². The number of benzene rings is 1. The van der Waals surface area contributed by atoms with Gasteiger partial charge in [0.25, 0.3) is 0 Å². The van der Waals surface area contributed by atoms with Crippen molar-refractivity contribution in [2.24, 2.45) is 0 Å². The van der Waals surface area contributed by atoms with Crippen LogP contribution in [0.4, 0.5) is 0 Å². The summed E-state index contributed by atoms with van der Waals surface area (Å²) in [4.78, 5) is 4.37. The van der Waals surface area contributed by atoms with Crippen LogP contribution in [0.1, 0.15) is 50.2 Å². The summed E-state index contributed by atoms with van der Waals surface area (Å²) in [7, 11) is 0. The molecule has 2 unspecified atom stereocenters. The van der Waals surface area contributed by atoms with Gasteiger partial charge in [0, 0.05) is 30.1 Å². The number of ether oxygens (including phenoxy) is 1. The first-order chi connectivity index (χ1) is 10.1. The molecule has 4 heteroatoms. The number of nitrogens with zero attached hydrogens (tertiary/aromatic N) is 1. The first-order valence-corrected chi connectivity index (χ1v) is 8.33. The minimum absolute atomic E-state index is 0.213. The van der Waals surface area contributed by atoms with Crippen LogP contribution in [0.25, 0.3) is 0 Å². The second-order valence-corrected chi connectivity index (χ2v) is 6.56. The van der Waals surface area contributed by atoms with E-state index in [1.165, 1.54) is 10.6 Å². The first kappa shape index (κ1) is 16.0. The van der Waals surface area contributed by atoms with E-state index in [2.05, 4.69) is 36.3 Å². The molecule has 0 spiro atoms. The minimum atomic E-state index is 0.213. The Hall–Kier alpha value is -1.39. The summed E-state index contributed by atoms with van der Waals surface area (Å²) in [5.74, 6) is 1.37. The van der Waals surface area contributed by atoms with Crippen molar-refractivity contribution >= 4 is 11.3 Å². The second kappa shape index (κ2) is 7.57. The van der Waals surface area contributed by atoms with Crippen LogP contribution in [-0.2, 0) is 0 Å². The van der Waals surface area contributed by atoms with Gasteiger partial charge in [-0.2, -0.15) is 0 Å². The zero-order chi connectivity index (χ0) is 15.2. The molecule has 1 N–H and O–H groups in total. The molecule has 114 valence electrons. The lowest BCUT2D eigenvalue weighted by Gasteiger charge is -2.18. The molecule has 0 saturated heterocycles. The third kappa shape index (κ3) is 4.83. The third-order valence-corrected chi connectivity index (χ3v) is 4.36. The van der Waals surface area contributed by atoms with Crippen LogP contribution in [0.5, 0.6) is 5.75 Å². The van der Waals surface area contributed by atoms with E-state index in [0.717, 1.165) is 12.3 Å². The fourth-order valence-electron chi connectivity index (χ4n) is 2.14. The van der Waals surface area contributed by atoms with Gasteiger partial charge < -0.3 is 10.1 Å². The lowest BCUT2D eigenvalue weighted by atomic mass is 10.1. The number of nitrogens with one attached hydrogen (secondary N) is 1. The Morgan fingerprint density at radius 1 is 1.14 bits per heavy atom. The second-order valence-electron chi connectivity index (χ2n) is 5.64. The van der Waals surface area contributed by atoms with Crippen molar-refractivity contribution in [2.45, 2.75) is 45.8 Å². The van der Waals surface area contributed by atoms with E-state index < -0.39 is 0 Å². The molecule has 1 aromatic carbocycles. The average Bonchev–Trinajstić information content (AvgIpc) is 2.99. The van der Waals surface area contributed by atoms with Crippen molar-refractivity contribution in [3.05, 3.63) is 46.4 Å². The summed E-state index contributed by atoms with van der Waals surface area (Å²) in [5, 5.41) is 6.79. The molecule has 1 aromatic heterocycles. The summed E-state index contributed by atoms with van der Waals surface area (Å²) in [6.45, 7) is 9.40. The molecular weight excluding hydrogens is 280 g/mol. The summed E-state index contributed by atoms with van der Waals surface area (Å²) >= 11 is 1.72. The Morgan fingerprint density at radius 3 is 2.43 bits per heavy atom. The molecule has 3 nitrogen and oxygen atoms in total. The Bertz CT molecular complexity index is 522. The van der Waals surface area contributed by atoms with Gasteiger partial charge >= 0.3 is 0 Å². The molecule has 2 aromatic rings. The van der Waals surface area contributed by atoms with Gasteiger partial charge in [0.15, 0.2) is 0 Å². The smallest absolute Gasteiger partial charge is 0.119 e. The van der Waals surface area contributed by atoms with Gasteiger partial charge in [0.2, 0.25) is 0 Å². The van der Waals surface area contributed by atoms with Crippen LogP contribution >= 0.6 is 11.3 Å². The Labute approximate surface area is 131 Å². The van der Waals surface area contributed by atoms with Crippen LogP contribution < -0.4 is 10.1 Å². The predicted octanol–water partition coefficient (Wildman–Crippen LogP) is 4.38. The summed E-state index contributed by atoms with van der Waals surface area (Å²) in [6, 6.07) is 8.66. The fraction of sp³-hybridized carbons (Fsp3) is 0.471. The maximum absolute atomic E-state index is 5.67. The molecule has 21 heavy (non-hydrogen) atoms. The van der Waals surface area contributed by atoms with Crippen LogP contribution in [0.2, 0.25) is 0 Å². The molecule has 2 rings (SSSR count). The fourth-order valence-corrected chi connectivity index (χ4v) is 2.84. The standard InChI is InChI=1S/C17H24N2OS/c1-12(2)20-16-7-5-15(6-8-16)14(4)19-11-13(3)17-18-9-10-21-17/h5-10,12-14,19H,11H2,1-4H3.